The first-order chi connectivity index (χ1) is 48.0. The van der Waals surface area contributed by atoms with Gasteiger partial charge in [-0.05, 0) is 173 Å². The zero-order valence-electron chi connectivity index (χ0n) is 61.9. The predicted molar refractivity (Wildman–Crippen MR) is 424 cm³/mol. The molecule has 2 unspecified atom stereocenters. The fraction of sp³-hybridized carbons (Fsp3) is 0.500. The summed E-state index contributed by atoms with van der Waals surface area (Å²) in [5.41, 5.74) is 0. The molecule has 0 aromatic heterocycles. The number of ether oxygens (including phenoxy) is 2. The molecule has 544 valence electrons. The third kappa shape index (κ3) is 78.5. The van der Waals surface area contributed by atoms with Crippen LogP contribution in [0.1, 0.15) is 232 Å². The molecule has 0 fully saturated rings. The van der Waals surface area contributed by atoms with Crippen LogP contribution >= 0.6 is 7.82 Å². The van der Waals surface area contributed by atoms with Gasteiger partial charge >= 0.3 is 11.9 Å². The number of likely N-dealkylation sites (N-methyl/N-ethyl adjacent to an activating group) is 1. The Morgan fingerprint density at radius 3 is 0.827 bits per heavy atom. The van der Waals surface area contributed by atoms with Crippen molar-refractivity contribution in [3.8, 4) is 0 Å². The van der Waals surface area contributed by atoms with Crippen LogP contribution < -0.4 is 4.89 Å². The molecule has 0 spiro atoms. The third-order valence-electron chi connectivity index (χ3n) is 14.6. The monoisotopic (exact) mass is 1360 g/mol. The van der Waals surface area contributed by atoms with Gasteiger partial charge in [-0.1, -0.05) is 301 Å². The summed E-state index contributed by atoms with van der Waals surface area (Å²) in [5, 5.41) is 0. The first kappa shape index (κ1) is 91.5. The van der Waals surface area contributed by atoms with Crippen molar-refractivity contribution in [1.82, 2.24) is 0 Å². The molecule has 0 heterocycles. The predicted octanol–water partition coefficient (Wildman–Crippen LogP) is 24.6. The van der Waals surface area contributed by atoms with Crippen LogP contribution in [0.15, 0.2) is 255 Å². The number of allylic oxidation sites excluding steroid dienone is 42. The lowest BCUT2D eigenvalue weighted by Crippen LogP contribution is -2.37. The third-order valence-corrected chi connectivity index (χ3v) is 15.5. The quantitative estimate of drug-likeness (QED) is 0.0195. The van der Waals surface area contributed by atoms with Gasteiger partial charge in [-0.3, -0.25) is 14.2 Å². The Balaban J connectivity index is 4.25. The first-order valence-electron chi connectivity index (χ1n) is 37.4. The zero-order chi connectivity index (χ0) is 71.1. The van der Waals surface area contributed by atoms with E-state index in [9.17, 15) is 19.0 Å². The van der Waals surface area contributed by atoms with Gasteiger partial charge in [0.25, 0.3) is 7.82 Å². The molecule has 0 aliphatic rings. The molecule has 10 heteroatoms. The molecule has 9 nitrogen and oxygen atoms in total. The largest absolute Gasteiger partial charge is 0.756 e. The minimum absolute atomic E-state index is 0.0553. The van der Waals surface area contributed by atoms with Crippen molar-refractivity contribution < 1.29 is 42.1 Å². The number of carbonyl (C=O) groups is 2. The summed E-state index contributed by atoms with van der Waals surface area (Å²) in [6.45, 7) is 3.91. The van der Waals surface area contributed by atoms with Gasteiger partial charge in [-0.25, -0.2) is 0 Å². The summed E-state index contributed by atoms with van der Waals surface area (Å²) in [6, 6.07) is 0. The number of hydrogen-bond acceptors (Lipinski definition) is 8. The van der Waals surface area contributed by atoms with Crippen LogP contribution in [0.4, 0.5) is 0 Å². The van der Waals surface area contributed by atoms with Crippen molar-refractivity contribution in [2.45, 2.75) is 238 Å². The van der Waals surface area contributed by atoms with E-state index in [2.05, 4.69) is 269 Å². The summed E-state index contributed by atoms with van der Waals surface area (Å²) in [4.78, 5) is 38.1. The zero-order valence-corrected chi connectivity index (χ0v) is 62.8. The van der Waals surface area contributed by atoms with E-state index in [-0.39, 0.29) is 26.1 Å². The molecule has 0 amide bonds. The first-order valence-corrected chi connectivity index (χ1v) is 38.9. The average Bonchev–Trinajstić information content (AvgIpc) is 1.08. The van der Waals surface area contributed by atoms with E-state index in [4.69, 9.17) is 18.5 Å². The van der Waals surface area contributed by atoms with Gasteiger partial charge < -0.3 is 27.9 Å². The highest BCUT2D eigenvalue weighted by Crippen LogP contribution is 2.38. The van der Waals surface area contributed by atoms with Crippen LogP contribution in [0.2, 0.25) is 0 Å². The van der Waals surface area contributed by atoms with Gasteiger partial charge in [-0.2, -0.15) is 0 Å². The van der Waals surface area contributed by atoms with Gasteiger partial charge in [0.1, 0.15) is 19.8 Å². The Labute approximate surface area is 599 Å². The SMILES string of the molecule is CC/C=C\C/C=C\C/C=C\C/C=C\C/C=C\C/C=C\C/C=C\C/C=C\C/C=C\C/C=C\C/C=C\CCCCCC(=O)OC(COC(=O)CCCCCCCC/C=C\C/C=C\C/C=C\C/C=C\C/C=C\C/C=C\C/C=C\C/C=C\C/C=C\C/C=C\CC)COP(=O)([O-])OCC[N+](C)(C)C. The Morgan fingerprint density at radius 2 is 0.551 bits per heavy atom. The van der Waals surface area contributed by atoms with Crippen LogP contribution in [-0.4, -0.2) is 70.0 Å². The number of nitrogens with zero attached hydrogens (tertiary/aromatic N) is 1. The molecule has 98 heavy (non-hydrogen) atoms. The van der Waals surface area contributed by atoms with Crippen molar-refractivity contribution in [1.29, 1.82) is 0 Å². The number of hydrogen-bond donors (Lipinski definition) is 0. The smallest absolute Gasteiger partial charge is 0.306 e. The van der Waals surface area contributed by atoms with E-state index in [0.29, 0.717) is 23.9 Å². The summed E-state index contributed by atoms with van der Waals surface area (Å²) in [5.74, 6) is -0.911. The number of rotatable bonds is 65. The van der Waals surface area contributed by atoms with Gasteiger partial charge in [0.2, 0.25) is 0 Å². The van der Waals surface area contributed by atoms with E-state index in [1.54, 1.807) is 0 Å². The van der Waals surface area contributed by atoms with Crippen molar-refractivity contribution in [2.24, 2.45) is 0 Å². The Hall–Kier alpha value is -6.45. The van der Waals surface area contributed by atoms with Crippen molar-refractivity contribution >= 4 is 19.8 Å². The van der Waals surface area contributed by atoms with Gasteiger partial charge in [0.05, 0.1) is 27.7 Å². The normalized spacial score (nSPS) is 14.6. The number of esters is 2. The molecule has 0 aromatic rings. The molecule has 0 N–H and O–H groups in total. The van der Waals surface area contributed by atoms with E-state index in [1.807, 2.05) is 21.1 Å². The number of phosphoric acid groups is 1. The maximum Gasteiger partial charge on any atom is 0.306 e. The summed E-state index contributed by atoms with van der Waals surface area (Å²) in [6.07, 6.45) is 124. The lowest BCUT2D eigenvalue weighted by Gasteiger charge is -2.28. The molecule has 0 aliphatic heterocycles. The van der Waals surface area contributed by atoms with Crippen molar-refractivity contribution in [2.75, 3.05) is 47.5 Å². The molecule has 0 radical (unpaired) electrons. The highest BCUT2D eigenvalue weighted by Gasteiger charge is 2.22. The molecule has 2 atom stereocenters. The van der Waals surface area contributed by atoms with Crippen molar-refractivity contribution in [3.05, 3.63) is 255 Å². The second kappa shape index (κ2) is 74.8. The average molecular weight is 1370 g/mol. The lowest BCUT2D eigenvalue weighted by molar-refractivity contribution is -0.870. The van der Waals surface area contributed by atoms with Crippen LogP contribution in [0.25, 0.3) is 0 Å². The van der Waals surface area contributed by atoms with E-state index < -0.39 is 32.5 Å². The van der Waals surface area contributed by atoms with Crippen LogP contribution in [0.3, 0.4) is 0 Å². The topological polar surface area (TPSA) is 111 Å². The summed E-state index contributed by atoms with van der Waals surface area (Å²) in [7, 11) is 1.09. The molecule has 0 saturated heterocycles. The van der Waals surface area contributed by atoms with Crippen LogP contribution in [0, 0.1) is 0 Å². The lowest BCUT2D eigenvalue weighted by atomic mass is 10.1. The van der Waals surface area contributed by atoms with Gasteiger partial charge in [0, 0.05) is 12.8 Å². The number of carbonyl (C=O) groups excluding carboxylic acids is 2. The van der Waals surface area contributed by atoms with Crippen LogP contribution in [0.5, 0.6) is 0 Å². The Bertz CT molecular complexity index is 2610. The van der Waals surface area contributed by atoms with E-state index in [1.165, 1.54) is 0 Å². The van der Waals surface area contributed by atoms with Crippen molar-refractivity contribution in [3.63, 3.8) is 0 Å². The molecule has 0 saturated carbocycles. The molecular weight excluding hydrogens is 1230 g/mol. The minimum Gasteiger partial charge on any atom is -0.756 e. The maximum absolute atomic E-state index is 12.9. The number of unbranched alkanes of at least 4 members (excludes halogenated alkanes) is 9. The molecule has 0 aliphatic carbocycles. The molecular formula is C88H134NO8P. The fourth-order valence-electron chi connectivity index (χ4n) is 8.92. The molecule has 0 rings (SSSR count). The standard InChI is InChI=1S/C88H134NO8P/c1-6-8-10-12-14-16-18-20-22-24-26-28-30-32-34-36-38-40-42-44-46-48-50-52-54-56-58-60-62-64-66-68-70-72-74-76-78-80-87(90)94-84-86(85-96-98(92,93)95-83-82-89(3,4)5)97-88(91)81-79-77-75-73-71-69-67-65-63-61-59-57-55-53-51-49-47-45-43-41-39-37-35-33-31-29-27-25-23-21-19-17-15-13-11-9-7-2/h8-11,14-17,20-23,26-29,32-35,38-41,44-47,50-53,56-59,62-65,69,71,86H,6-7,12-13,18-19,24-25,30-31,36-37,42-43,48-49,54-55,60-61,66-68,70,72-85H2,1-5H3/b10-8-,11-9-,16-14-,17-15-,22-20-,23-21-,28-26-,29-27-,34-32-,35-33-,40-38-,41-39-,46-44-,47-45-,52-50-,53-51-,58-56-,59-57-,64-62-,65-63-,71-69-. The summed E-state index contributed by atoms with van der Waals surface area (Å²) >= 11 is 0. The number of quaternary nitrogens is 1. The molecule has 0 aromatic carbocycles. The van der Waals surface area contributed by atoms with Crippen LogP contribution in [-0.2, 0) is 32.7 Å². The van der Waals surface area contributed by atoms with E-state index >= 15 is 0 Å². The Kier molecular flexibility index (Phi) is 69.8. The second-order valence-electron chi connectivity index (χ2n) is 24.8. The maximum atomic E-state index is 12.9. The highest BCUT2D eigenvalue weighted by molar-refractivity contribution is 7.45. The minimum atomic E-state index is -4.68. The highest BCUT2D eigenvalue weighted by atomic mass is 31.2. The van der Waals surface area contributed by atoms with Gasteiger partial charge in [-0.15, -0.1) is 0 Å². The Morgan fingerprint density at radius 1 is 0.316 bits per heavy atom. The van der Waals surface area contributed by atoms with Gasteiger partial charge in [0.15, 0.2) is 6.10 Å². The summed E-state index contributed by atoms with van der Waals surface area (Å²) < 4.78 is 34.3. The fourth-order valence-corrected chi connectivity index (χ4v) is 9.65. The number of phosphoric ester groups is 1. The molecule has 0 bridgehead atoms. The van der Waals surface area contributed by atoms with E-state index in [0.717, 1.165) is 193 Å². The second-order valence-corrected chi connectivity index (χ2v) is 26.2.